The molecule has 0 radical (unpaired) electrons. The van der Waals surface area contributed by atoms with E-state index in [9.17, 15) is 22.8 Å². The van der Waals surface area contributed by atoms with Crippen molar-refractivity contribution in [2.24, 2.45) is 0 Å². The number of amides is 1. The molecule has 39 heavy (non-hydrogen) atoms. The number of carbonyl (C=O) groups is 2. The maximum Gasteiger partial charge on any atom is 0.359 e. The third-order valence-corrected chi connectivity index (χ3v) is 9.37. The van der Waals surface area contributed by atoms with Crippen LogP contribution in [-0.4, -0.2) is 54.1 Å². The number of ether oxygens (including phenoxy) is 1. The fourth-order valence-electron chi connectivity index (χ4n) is 3.92. The van der Waals surface area contributed by atoms with Gasteiger partial charge in [0, 0.05) is 33.9 Å². The van der Waals surface area contributed by atoms with Crippen molar-refractivity contribution < 1.29 is 22.7 Å². The van der Waals surface area contributed by atoms with Crippen LogP contribution in [0.25, 0.3) is 16.5 Å². The van der Waals surface area contributed by atoms with Gasteiger partial charge in [0.1, 0.15) is 5.00 Å². The molecule has 0 saturated heterocycles. The van der Waals surface area contributed by atoms with Crippen molar-refractivity contribution in [3.05, 3.63) is 80.0 Å². The number of fused-ring (bicyclic) bond motifs is 1. The van der Waals surface area contributed by atoms with Gasteiger partial charge in [-0.2, -0.15) is 14.1 Å². The third kappa shape index (κ3) is 5.66. The van der Waals surface area contributed by atoms with Gasteiger partial charge in [-0.3, -0.25) is 9.59 Å². The zero-order valence-electron chi connectivity index (χ0n) is 21.3. The van der Waals surface area contributed by atoms with Crippen LogP contribution >= 0.6 is 27.3 Å². The fourth-order valence-corrected chi connectivity index (χ4v) is 6.57. The van der Waals surface area contributed by atoms with Crippen molar-refractivity contribution in [3.63, 3.8) is 0 Å². The summed E-state index contributed by atoms with van der Waals surface area (Å²) in [5.41, 5.74) is 0.0294. The molecule has 10 nitrogen and oxygen atoms in total. The Morgan fingerprint density at radius 1 is 1.05 bits per heavy atom. The maximum absolute atomic E-state index is 13.5. The number of anilines is 1. The number of thiophene rings is 1. The van der Waals surface area contributed by atoms with Gasteiger partial charge in [0.25, 0.3) is 11.5 Å². The number of sulfonamides is 1. The van der Waals surface area contributed by atoms with Crippen LogP contribution in [0.4, 0.5) is 5.00 Å². The summed E-state index contributed by atoms with van der Waals surface area (Å²) >= 11 is 4.43. The standard InChI is InChI=1S/C26H25BrN4O6S2/c1-4-30(5-2)39(35,36)19-13-7-16(8-14-19)23(32)28-24-21-20(15-38-24)22(26(34)37-6-3)29-31(25(21)33)18-11-9-17(27)10-12-18/h7-15H,4-6H2,1-3H3,(H,28,32). The Hall–Kier alpha value is -3.39. The van der Waals surface area contributed by atoms with Crippen molar-refractivity contribution >= 4 is 64.9 Å². The Morgan fingerprint density at radius 2 is 1.69 bits per heavy atom. The van der Waals surface area contributed by atoms with Crippen LogP contribution in [0.3, 0.4) is 0 Å². The molecular weight excluding hydrogens is 608 g/mol. The monoisotopic (exact) mass is 632 g/mol. The minimum absolute atomic E-state index is 0.0583. The quantitative estimate of drug-likeness (QED) is 0.266. The lowest BCUT2D eigenvalue weighted by Crippen LogP contribution is -2.30. The predicted molar refractivity (Wildman–Crippen MR) is 153 cm³/mol. The first-order valence-electron chi connectivity index (χ1n) is 12.0. The molecule has 0 bridgehead atoms. The Bertz CT molecular complexity index is 1690. The molecule has 0 atom stereocenters. The van der Waals surface area contributed by atoms with E-state index >= 15 is 0 Å². The first kappa shape index (κ1) is 28.6. The highest BCUT2D eigenvalue weighted by molar-refractivity contribution is 9.10. The Kier molecular flexibility index (Phi) is 8.64. The van der Waals surface area contributed by atoms with Crippen LogP contribution in [-0.2, 0) is 14.8 Å². The molecule has 0 aliphatic carbocycles. The SMILES string of the molecule is CCOC(=O)c1nn(-c2ccc(Br)cc2)c(=O)c2c(NC(=O)c3ccc(S(=O)(=O)N(CC)CC)cc3)scc12. The van der Waals surface area contributed by atoms with Crippen LogP contribution in [0.5, 0.6) is 0 Å². The highest BCUT2D eigenvalue weighted by atomic mass is 79.9. The first-order chi connectivity index (χ1) is 18.6. The van der Waals surface area contributed by atoms with Gasteiger partial charge in [-0.05, 0) is 55.5 Å². The maximum atomic E-state index is 13.5. The van der Waals surface area contributed by atoms with E-state index in [1.165, 1.54) is 28.6 Å². The molecule has 4 rings (SSSR count). The molecule has 0 aliphatic rings. The van der Waals surface area contributed by atoms with E-state index in [2.05, 4.69) is 26.3 Å². The van der Waals surface area contributed by atoms with Crippen molar-refractivity contribution in [1.82, 2.24) is 14.1 Å². The molecule has 0 spiro atoms. The lowest BCUT2D eigenvalue weighted by molar-refractivity contribution is 0.0519. The summed E-state index contributed by atoms with van der Waals surface area (Å²) in [6.07, 6.45) is 0. The number of halogens is 1. The number of carbonyl (C=O) groups excluding carboxylic acids is 2. The van der Waals surface area contributed by atoms with E-state index in [0.717, 1.165) is 20.5 Å². The summed E-state index contributed by atoms with van der Waals surface area (Å²) < 4.78 is 33.9. The zero-order chi connectivity index (χ0) is 28.3. The molecular formula is C26H25BrN4O6S2. The second-order valence-corrected chi connectivity index (χ2v) is 11.9. The lowest BCUT2D eigenvalue weighted by atomic mass is 10.2. The normalized spacial score (nSPS) is 11.6. The van der Waals surface area contributed by atoms with Gasteiger partial charge < -0.3 is 10.1 Å². The Morgan fingerprint density at radius 3 is 2.28 bits per heavy atom. The number of hydrogen-bond donors (Lipinski definition) is 1. The number of aromatic nitrogens is 2. The average Bonchev–Trinajstić information content (AvgIpc) is 3.34. The van der Waals surface area contributed by atoms with Gasteiger partial charge >= 0.3 is 5.97 Å². The summed E-state index contributed by atoms with van der Waals surface area (Å²) in [6.45, 7) is 5.94. The van der Waals surface area contributed by atoms with Gasteiger partial charge in [-0.15, -0.1) is 11.3 Å². The van der Waals surface area contributed by atoms with Crippen molar-refractivity contribution in [2.75, 3.05) is 25.0 Å². The van der Waals surface area contributed by atoms with Crippen LogP contribution in [0.1, 0.15) is 41.6 Å². The first-order valence-corrected chi connectivity index (χ1v) is 15.1. The van der Waals surface area contributed by atoms with E-state index in [1.54, 1.807) is 50.4 Å². The summed E-state index contributed by atoms with van der Waals surface area (Å²) in [5.74, 6) is -1.25. The number of hydrogen-bond acceptors (Lipinski definition) is 8. The smallest absolute Gasteiger partial charge is 0.359 e. The average molecular weight is 634 g/mol. The molecule has 204 valence electrons. The van der Waals surface area contributed by atoms with Crippen LogP contribution in [0.2, 0.25) is 0 Å². The molecule has 2 heterocycles. The summed E-state index contributed by atoms with van der Waals surface area (Å²) in [4.78, 5) is 39.4. The van der Waals surface area contributed by atoms with E-state index in [0.29, 0.717) is 18.8 Å². The van der Waals surface area contributed by atoms with Crippen molar-refractivity contribution in [3.8, 4) is 5.69 Å². The minimum atomic E-state index is -3.67. The Labute approximate surface area is 237 Å². The number of rotatable bonds is 9. The van der Waals surface area contributed by atoms with Crippen LogP contribution in [0, 0.1) is 0 Å². The van der Waals surface area contributed by atoms with E-state index in [4.69, 9.17) is 4.74 Å². The number of esters is 1. The van der Waals surface area contributed by atoms with E-state index < -0.39 is 27.5 Å². The van der Waals surface area contributed by atoms with Gasteiger partial charge in [-0.1, -0.05) is 29.8 Å². The second-order valence-electron chi connectivity index (χ2n) is 8.18. The number of benzene rings is 2. The molecule has 13 heteroatoms. The fraction of sp³-hybridized carbons (Fsp3) is 0.231. The molecule has 2 aromatic carbocycles. The predicted octanol–water partition coefficient (Wildman–Crippen LogP) is 4.67. The molecule has 0 saturated carbocycles. The molecule has 4 aromatic rings. The summed E-state index contributed by atoms with van der Waals surface area (Å²) in [7, 11) is -3.67. The number of nitrogens with one attached hydrogen (secondary N) is 1. The second kappa shape index (κ2) is 11.8. The molecule has 1 amide bonds. The van der Waals surface area contributed by atoms with E-state index in [-0.39, 0.29) is 38.5 Å². The van der Waals surface area contributed by atoms with E-state index in [1.807, 2.05) is 0 Å². The van der Waals surface area contributed by atoms with Crippen molar-refractivity contribution in [1.29, 1.82) is 0 Å². The summed E-state index contributed by atoms with van der Waals surface area (Å²) in [6, 6.07) is 12.4. The van der Waals surface area contributed by atoms with Gasteiger partial charge in [-0.25, -0.2) is 13.2 Å². The topological polar surface area (TPSA) is 128 Å². The molecule has 0 unspecified atom stereocenters. The highest BCUT2D eigenvalue weighted by Gasteiger charge is 2.24. The minimum Gasteiger partial charge on any atom is -0.461 e. The van der Waals surface area contributed by atoms with Gasteiger partial charge in [0.2, 0.25) is 10.0 Å². The molecule has 0 fully saturated rings. The largest absolute Gasteiger partial charge is 0.461 e. The highest BCUT2D eigenvalue weighted by Crippen LogP contribution is 2.31. The van der Waals surface area contributed by atoms with Crippen LogP contribution < -0.4 is 10.9 Å². The Balaban J connectivity index is 1.74. The summed E-state index contributed by atoms with van der Waals surface area (Å²) in [5, 5.41) is 9.16. The van der Waals surface area contributed by atoms with Gasteiger partial charge in [0.15, 0.2) is 5.69 Å². The van der Waals surface area contributed by atoms with Crippen molar-refractivity contribution in [2.45, 2.75) is 25.7 Å². The zero-order valence-corrected chi connectivity index (χ0v) is 24.5. The van der Waals surface area contributed by atoms with Crippen LogP contribution in [0.15, 0.2) is 68.1 Å². The number of nitrogens with zero attached hydrogens (tertiary/aromatic N) is 3. The third-order valence-electron chi connectivity index (χ3n) is 5.88. The molecule has 1 N–H and O–H groups in total. The molecule has 2 aromatic heterocycles. The molecule has 0 aliphatic heterocycles. The lowest BCUT2D eigenvalue weighted by Gasteiger charge is -2.18. The van der Waals surface area contributed by atoms with Gasteiger partial charge in [0.05, 0.1) is 22.6 Å².